The summed E-state index contributed by atoms with van der Waals surface area (Å²) in [5.74, 6) is 0.449. The molecule has 1 aliphatic heterocycles. The molecule has 0 bridgehead atoms. The minimum atomic E-state index is -0.472. The lowest BCUT2D eigenvalue weighted by Gasteiger charge is -2.23. The van der Waals surface area contributed by atoms with E-state index in [1.165, 1.54) is 0 Å². The van der Waals surface area contributed by atoms with Crippen LogP contribution in [0.15, 0.2) is 18.2 Å². The summed E-state index contributed by atoms with van der Waals surface area (Å²) < 4.78 is 16.5. The third-order valence-corrected chi connectivity index (χ3v) is 3.04. The second-order valence-corrected chi connectivity index (χ2v) is 4.72. The standard InChI is InChI=1S/C14H20N2O5/c1-2-7-20-12-4-3-5-13(14(12)16(17)18)21-10-11-9-15-6-8-19-11/h3-5,11,15H,2,6-10H2,1H3. The second-order valence-electron chi connectivity index (χ2n) is 4.72. The van der Waals surface area contributed by atoms with Gasteiger partial charge in [0.2, 0.25) is 11.5 Å². The van der Waals surface area contributed by atoms with Gasteiger partial charge in [-0.3, -0.25) is 10.1 Å². The number of nitrogens with one attached hydrogen (secondary N) is 1. The van der Waals surface area contributed by atoms with Gasteiger partial charge in [-0.2, -0.15) is 0 Å². The molecule has 2 rings (SSSR count). The van der Waals surface area contributed by atoms with Crippen LogP contribution in [0.25, 0.3) is 0 Å². The predicted molar refractivity (Wildman–Crippen MR) is 77.0 cm³/mol. The van der Waals surface area contributed by atoms with E-state index < -0.39 is 4.92 Å². The van der Waals surface area contributed by atoms with Gasteiger partial charge in [-0.15, -0.1) is 0 Å². The number of nitrogens with zero attached hydrogens (tertiary/aromatic N) is 1. The van der Waals surface area contributed by atoms with Crippen LogP contribution in [-0.4, -0.2) is 43.9 Å². The highest BCUT2D eigenvalue weighted by molar-refractivity contribution is 5.57. The molecule has 0 saturated carbocycles. The maximum Gasteiger partial charge on any atom is 0.352 e. The van der Waals surface area contributed by atoms with Crippen LogP contribution < -0.4 is 14.8 Å². The molecule has 0 aromatic heterocycles. The minimum Gasteiger partial charge on any atom is -0.487 e. The molecule has 1 heterocycles. The van der Waals surface area contributed by atoms with Crippen molar-refractivity contribution in [3.63, 3.8) is 0 Å². The predicted octanol–water partition coefficient (Wildman–Crippen LogP) is 1.75. The molecular formula is C14H20N2O5. The van der Waals surface area contributed by atoms with Crippen molar-refractivity contribution >= 4 is 5.69 Å². The van der Waals surface area contributed by atoms with Gasteiger partial charge in [0.1, 0.15) is 12.7 Å². The van der Waals surface area contributed by atoms with E-state index in [0.717, 1.165) is 13.0 Å². The Bertz CT molecular complexity index is 474. The summed E-state index contributed by atoms with van der Waals surface area (Å²) in [5, 5.41) is 14.4. The highest BCUT2D eigenvalue weighted by atomic mass is 16.6. The van der Waals surface area contributed by atoms with Crippen molar-refractivity contribution in [1.82, 2.24) is 5.32 Å². The normalized spacial score (nSPS) is 18.2. The van der Waals surface area contributed by atoms with E-state index >= 15 is 0 Å². The number of hydrogen-bond acceptors (Lipinski definition) is 6. The van der Waals surface area contributed by atoms with Gasteiger partial charge in [0.15, 0.2) is 0 Å². The Morgan fingerprint density at radius 3 is 2.81 bits per heavy atom. The van der Waals surface area contributed by atoms with Crippen LogP contribution in [0.4, 0.5) is 5.69 Å². The van der Waals surface area contributed by atoms with Crippen molar-refractivity contribution in [2.75, 3.05) is 32.9 Å². The molecule has 1 aromatic rings. The molecule has 116 valence electrons. The monoisotopic (exact) mass is 296 g/mol. The molecule has 21 heavy (non-hydrogen) atoms. The van der Waals surface area contributed by atoms with Gasteiger partial charge in [0.25, 0.3) is 0 Å². The van der Waals surface area contributed by atoms with Gasteiger partial charge in [-0.25, -0.2) is 0 Å². The average Bonchev–Trinajstić information content (AvgIpc) is 2.51. The van der Waals surface area contributed by atoms with Crippen molar-refractivity contribution < 1.29 is 19.1 Å². The maximum atomic E-state index is 11.3. The molecular weight excluding hydrogens is 276 g/mol. The number of morpholine rings is 1. The van der Waals surface area contributed by atoms with Crippen molar-refractivity contribution in [3.05, 3.63) is 28.3 Å². The minimum absolute atomic E-state index is 0.0985. The maximum absolute atomic E-state index is 11.3. The Labute approximate surface area is 123 Å². The van der Waals surface area contributed by atoms with Gasteiger partial charge >= 0.3 is 5.69 Å². The molecule has 7 nitrogen and oxygen atoms in total. The van der Waals surface area contributed by atoms with Crippen LogP contribution in [0.1, 0.15) is 13.3 Å². The van der Waals surface area contributed by atoms with Crippen molar-refractivity contribution in [2.24, 2.45) is 0 Å². The van der Waals surface area contributed by atoms with E-state index in [4.69, 9.17) is 14.2 Å². The number of benzene rings is 1. The molecule has 0 radical (unpaired) electrons. The third kappa shape index (κ3) is 4.30. The lowest BCUT2D eigenvalue weighted by molar-refractivity contribution is -0.386. The Morgan fingerprint density at radius 2 is 2.19 bits per heavy atom. The van der Waals surface area contributed by atoms with Crippen LogP contribution in [0.5, 0.6) is 11.5 Å². The summed E-state index contributed by atoms with van der Waals surface area (Å²) in [4.78, 5) is 10.8. The molecule has 1 N–H and O–H groups in total. The molecule has 1 unspecified atom stereocenters. The van der Waals surface area contributed by atoms with Gasteiger partial charge in [-0.1, -0.05) is 13.0 Å². The zero-order valence-corrected chi connectivity index (χ0v) is 12.0. The van der Waals surface area contributed by atoms with E-state index in [9.17, 15) is 10.1 Å². The van der Waals surface area contributed by atoms with E-state index in [2.05, 4.69) is 5.32 Å². The van der Waals surface area contributed by atoms with E-state index in [0.29, 0.717) is 19.8 Å². The quantitative estimate of drug-likeness (QED) is 0.609. The van der Waals surface area contributed by atoms with Crippen molar-refractivity contribution in [2.45, 2.75) is 19.4 Å². The number of rotatable bonds is 7. The second kappa shape index (κ2) is 7.80. The fraction of sp³-hybridized carbons (Fsp3) is 0.571. The molecule has 0 aliphatic carbocycles. The molecule has 0 spiro atoms. The Kier molecular flexibility index (Phi) is 5.77. The van der Waals surface area contributed by atoms with Gasteiger partial charge in [0, 0.05) is 13.1 Å². The van der Waals surface area contributed by atoms with Gasteiger partial charge < -0.3 is 19.5 Å². The summed E-state index contributed by atoms with van der Waals surface area (Å²) >= 11 is 0. The number of para-hydroxylation sites is 1. The first-order valence-corrected chi connectivity index (χ1v) is 7.07. The van der Waals surface area contributed by atoms with Gasteiger partial charge in [0.05, 0.1) is 18.1 Å². The van der Waals surface area contributed by atoms with Crippen LogP contribution in [0, 0.1) is 10.1 Å². The summed E-state index contributed by atoms with van der Waals surface area (Å²) in [6.45, 7) is 4.76. The fourth-order valence-electron chi connectivity index (χ4n) is 2.04. The van der Waals surface area contributed by atoms with Crippen molar-refractivity contribution in [1.29, 1.82) is 0 Å². The van der Waals surface area contributed by atoms with E-state index in [1.807, 2.05) is 6.92 Å². The third-order valence-electron chi connectivity index (χ3n) is 3.04. The fourth-order valence-corrected chi connectivity index (χ4v) is 2.04. The number of ether oxygens (including phenoxy) is 3. The Morgan fingerprint density at radius 1 is 1.43 bits per heavy atom. The van der Waals surface area contributed by atoms with Crippen LogP contribution in [-0.2, 0) is 4.74 Å². The van der Waals surface area contributed by atoms with E-state index in [1.54, 1.807) is 18.2 Å². The topological polar surface area (TPSA) is 82.9 Å². The molecule has 1 aliphatic rings. The molecule has 1 saturated heterocycles. The number of hydrogen-bond donors (Lipinski definition) is 1. The van der Waals surface area contributed by atoms with Crippen LogP contribution >= 0.6 is 0 Å². The summed E-state index contributed by atoms with van der Waals surface area (Å²) in [6, 6.07) is 4.85. The SMILES string of the molecule is CCCOc1cccc(OCC2CNCCO2)c1[N+](=O)[O-]. The first kappa shape index (κ1) is 15.5. The van der Waals surface area contributed by atoms with Crippen LogP contribution in [0.2, 0.25) is 0 Å². The largest absolute Gasteiger partial charge is 0.487 e. The summed E-state index contributed by atoms with van der Waals surface area (Å²) in [7, 11) is 0. The highest BCUT2D eigenvalue weighted by Crippen LogP contribution is 2.36. The molecule has 1 atom stereocenters. The van der Waals surface area contributed by atoms with Crippen LogP contribution in [0.3, 0.4) is 0 Å². The number of nitro benzene ring substituents is 1. The van der Waals surface area contributed by atoms with Crippen molar-refractivity contribution in [3.8, 4) is 11.5 Å². The Balaban J connectivity index is 2.07. The zero-order valence-electron chi connectivity index (χ0n) is 12.0. The molecule has 0 amide bonds. The summed E-state index contributed by atoms with van der Waals surface area (Å²) in [6.07, 6.45) is 0.683. The smallest absolute Gasteiger partial charge is 0.352 e. The zero-order chi connectivity index (χ0) is 15.1. The lowest BCUT2D eigenvalue weighted by Crippen LogP contribution is -2.41. The van der Waals surface area contributed by atoms with Gasteiger partial charge in [-0.05, 0) is 18.6 Å². The molecule has 1 aromatic carbocycles. The highest BCUT2D eigenvalue weighted by Gasteiger charge is 2.23. The first-order chi connectivity index (χ1) is 10.2. The number of nitro groups is 1. The van der Waals surface area contributed by atoms with E-state index in [-0.39, 0.29) is 29.9 Å². The Hall–Kier alpha value is -1.86. The first-order valence-electron chi connectivity index (χ1n) is 7.07. The molecule has 7 heteroatoms. The lowest BCUT2D eigenvalue weighted by atomic mass is 10.2. The average molecular weight is 296 g/mol. The molecule has 1 fully saturated rings. The summed E-state index contributed by atoms with van der Waals surface area (Å²) in [5.41, 5.74) is -0.130.